The van der Waals surface area contributed by atoms with Gasteiger partial charge in [0, 0.05) is 10.9 Å². The molecule has 0 radical (unpaired) electrons. The molecule has 4 rings (SSSR count). The standard InChI is InChI=1S/C33H42O12S2/c1-39-26-10-4-23(5-11-26)17-42-20-32-33(44-19-25-8-14-28(41-3)15-9-25)31(43-18-24-6-12-27(40-2)13-7-24)22-46(32)21-29(35)30(16-34)45-47(36,37)38/h4-15,29-35H,16-22H2,1-3H3/t29-,30+,31-,32-,33+,46?/m1/s1. The average molecular weight is 695 g/mol. The van der Waals surface area contributed by atoms with Crippen LogP contribution in [0.1, 0.15) is 16.7 Å². The van der Waals surface area contributed by atoms with Gasteiger partial charge in [-0.15, -0.1) is 0 Å². The second-order valence-electron chi connectivity index (χ2n) is 10.9. The molecule has 0 spiro atoms. The van der Waals surface area contributed by atoms with Gasteiger partial charge in [-0.25, -0.2) is 8.42 Å². The summed E-state index contributed by atoms with van der Waals surface area (Å²) >= 11 is 0. The summed E-state index contributed by atoms with van der Waals surface area (Å²) in [5.74, 6) is 2.66. The van der Waals surface area contributed by atoms with Crippen LogP contribution in [0, 0.1) is 0 Å². The predicted molar refractivity (Wildman–Crippen MR) is 174 cm³/mol. The van der Waals surface area contributed by atoms with E-state index in [2.05, 4.69) is 4.18 Å². The van der Waals surface area contributed by atoms with E-state index in [0.29, 0.717) is 12.4 Å². The molecular weight excluding hydrogens is 652 g/mol. The fraction of sp³-hybridized carbons (Fsp3) is 0.455. The fourth-order valence-electron chi connectivity index (χ4n) is 5.15. The van der Waals surface area contributed by atoms with E-state index in [1.807, 2.05) is 72.8 Å². The SMILES string of the molecule is COc1ccc(COC[C@@H]2[C@@H](OCc3ccc(OC)cc3)[C@H](OCc3ccc(OC)cc3)C[S+]2C[C@@H](O)[C@H](CO)OS(=O)(=O)[O-])cc1. The highest BCUT2D eigenvalue weighted by Crippen LogP contribution is 2.32. The third kappa shape index (κ3) is 11.3. The Bertz CT molecular complexity index is 1450. The summed E-state index contributed by atoms with van der Waals surface area (Å²) in [6, 6.07) is 22.5. The van der Waals surface area contributed by atoms with E-state index in [0.717, 1.165) is 33.9 Å². The maximum Gasteiger partial charge on any atom is 0.218 e. The maximum atomic E-state index is 11.3. The summed E-state index contributed by atoms with van der Waals surface area (Å²) in [4.78, 5) is 0. The number of ether oxygens (including phenoxy) is 6. The van der Waals surface area contributed by atoms with E-state index in [9.17, 15) is 23.2 Å². The molecule has 1 saturated heterocycles. The first-order valence-electron chi connectivity index (χ1n) is 14.9. The number of aliphatic hydroxyl groups excluding tert-OH is 2. The zero-order valence-corrected chi connectivity index (χ0v) is 28.2. The van der Waals surface area contributed by atoms with E-state index in [1.54, 1.807) is 21.3 Å². The Kier molecular flexibility index (Phi) is 14.1. The Morgan fingerprint density at radius 3 is 1.70 bits per heavy atom. The molecule has 12 nitrogen and oxygen atoms in total. The lowest BCUT2D eigenvalue weighted by Crippen LogP contribution is -2.43. The minimum atomic E-state index is -5.16. The van der Waals surface area contributed by atoms with Crippen LogP contribution in [0.4, 0.5) is 0 Å². The first-order valence-corrected chi connectivity index (χ1v) is 17.9. The molecule has 0 aliphatic carbocycles. The molecule has 258 valence electrons. The summed E-state index contributed by atoms with van der Waals surface area (Å²) in [6.07, 6.45) is -3.95. The van der Waals surface area contributed by atoms with Gasteiger partial charge in [0.25, 0.3) is 0 Å². The first-order chi connectivity index (χ1) is 22.6. The van der Waals surface area contributed by atoms with E-state index in [-0.39, 0.29) is 30.8 Å². The molecule has 2 N–H and O–H groups in total. The van der Waals surface area contributed by atoms with Crippen molar-refractivity contribution in [2.45, 2.75) is 49.5 Å². The number of methoxy groups -OCH3 is 3. The lowest BCUT2D eigenvalue weighted by Gasteiger charge is -2.24. The highest BCUT2D eigenvalue weighted by atomic mass is 32.3. The van der Waals surface area contributed by atoms with Crippen LogP contribution in [0.25, 0.3) is 0 Å². The third-order valence-electron chi connectivity index (χ3n) is 7.71. The van der Waals surface area contributed by atoms with Crippen molar-refractivity contribution in [3.8, 4) is 17.2 Å². The van der Waals surface area contributed by atoms with Gasteiger partial charge in [0.2, 0.25) is 10.4 Å². The van der Waals surface area contributed by atoms with Gasteiger partial charge in [-0.1, -0.05) is 36.4 Å². The Morgan fingerprint density at radius 2 is 1.26 bits per heavy atom. The summed E-state index contributed by atoms with van der Waals surface area (Å²) in [7, 11) is -1.03. The average Bonchev–Trinajstić information content (AvgIpc) is 3.40. The van der Waals surface area contributed by atoms with Gasteiger partial charge in [-0.05, 0) is 53.1 Å². The lowest BCUT2D eigenvalue weighted by atomic mass is 10.1. The summed E-state index contributed by atoms with van der Waals surface area (Å²) in [5, 5.41) is 20.4. The van der Waals surface area contributed by atoms with Crippen molar-refractivity contribution in [1.29, 1.82) is 0 Å². The molecule has 1 aliphatic rings. The number of hydrogen-bond donors (Lipinski definition) is 2. The summed E-state index contributed by atoms with van der Waals surface area (Å²) < 4.78 is 73.2. The van der Waals surface area contributed by atoms with Crippen molar-refractivity contribution in [2.75, 3.05) is 46.0 Å². The third-order valence-corrected chi connectivity index (χ3v) is 11.0. The van der Waals surface area contributed by atoms with Gasteiger partial charge < -0.3 is 43.2 Å². The Balaban J connectivity index is 1.56. The second-order valence-corrected chi connectivity index (χ2v) is 14.2. The van der Waals surface area contributed by atoms with Crippen molar-refractivity contribution in [1.82, 2.24) is 0 Å². The number of hydrogen-bond acceptors (Lipinski definition) is 12. The first kappa shape index (κ1) is 36.9. The van der Waals surface area contributed by atoms with Crippen LogP contribution in [0.15, 0.2) is 72.8 Å². The van der Waals surface area contributed by atoms with Crippen molar-refractivity contribution >= 4 is 21.3 Å². The number of rotatable bonds is 19. The molecular formula is C33H42O12S2. The highest BCUT2D eigenvalue weighted by molar-refractivity contribution is 7.97. The van der Waals surface area contributed by atoms with Crippen molar-refractivity contribution in [3.63, 3.8) is 0 Å². The topological polar surface area (TPSA) is 162 Å². The quantitative estimate of drug-likeness (QED) is 0.107. The fourth-order valence-corrected chi connectivity index (χ4v) is 8.55. The molecule has 1 aliphatic heterocycles. The van der Waals surface area contributed by atoms with Crippen LogP contribution < -0.4 is 14.2 Å². The van der Waals surface area contributed by atoms with E-state index in [4.69, 9.17) is 28.4 Å². The summed E-state index contributed by atoms with van der Waals surface area (Å²) in [5.41, 5.74) is 2.77. The zero-order valence-electron chi connectivity index (χ0n) is 26.6. The van der Waals surface area contributed by atoms with Crippen LogP contribution in [0.3, 0.4) is 0 Å². The van der Waals surface area contributed by atoms with Gasteiger partial charge in [0.1, 0.15) is 53.2 Å². The smallest absolute Gasteiger partial charge is 0.218 e. The lowest BCUT2D eigenvalue weighted by molar-refractivity contribution is -0.0769. The van der Waals surface area contributed by atoms with E-state index in [1.165, 1.54) is 0 Å². The molecule has 0 amide bonds. The van der Waals surface area contributed by atoms with Crippen LogP contribution in [0.2, 0.25) is 0 Å². The maximum absolute atomic E-state index is 11.3. The monoisotopic (exact) mass is 694 g/mol. The molecule has 0 saturated carbocycles. The van der Waals surface area contributed by atoms with Gasteiger partial charge in [-0.3, -0.25) is 4.18 Å². The van der Waals surface area contributed by atoms with Crippen LogP contribution >= 0.6 is 0 Å². The van der Waals surface area contributed by atoms with Gasteiger partial charge in [0.05, 0.1) is 54.4 Å². The molecule has 1 heterocycles. The van der Waals surface area contributed by atoms with Crippen molar-refractivity contribution in [2.24, 2.45) is 0 Å². The van der Waals surface area contributed by atoms with E-state index >= 15 is 0 Å². The van der Waals surface area contributed by atoms with Crippen molar-refractivity contribution in [3.05, 3.63) is 89.5 Å². The van der Waals surface area contributed by atoms with E-state index < -0.39 is 52.3 Å². The zero-order chi connectivity index (χ0) is 33.8. The molecule has 3 aromatic rings. The molecule has 1 fully saturated rings. The molecule has 14 heteroatoms. The molecule has 47 heavy (non-hydrogen) atoms. The second kappa shape index (κ2) is 18.0. The van der Waals surface area contributed by atoms with Gasteiger partial charge >= 0.3 is 0 Å². The Morgan fingerprint density at radius 1 is 0.787 bits per heavy atom. The van der Waals surface area contributed by atoms with Crippen molar-refractivity contribution < 1.29 is 55.8 Å². The molecule has 0 bridgehead atoms. The minimum absolute atomic E-state index is 0.0299. The molecule has 3 aromatic carbocycles. The minimum Gasteiger partial charge on any atom is -0.726 e. The predicted octanol–water partition coefficient (Wildman–Crippen LogP) is 2.60. The van der Waals surface area contributed by atoms with Crippen LogP contribution in [-0.2, 0) is 59.5 Å². The molecule has 6 atom stereocenters. The molecule has 1 unspecified atom stereocenters. The number of benzene rings is 3. The number of aliphatic hydroxyl groups is 2. The van der Waals surface area contributed by atoms with Crippen LogP contribution in [0.5, 0.6) is 17.2 Å². The van der Waals surface area contributed by atoms with Crippen LogP contribution in [-0.4, -0.2) is 98.9 Å². The highest BCUT2D eigenvalue weighted by Gasteiger charge is 2.53. The van der Waals surface area contributed by atoms with Gasteiger partial charge in [-0.2, -0.15) is 0 Å². The largest absolute Gasteiger partial charge is 0.726 e. The summed E-state index contributed by atoms with van der Waals surface area (Å²) in [6.45, 7) is 0.241. The Hall–Kier alpha value is -2.92. The Labute approximate surface area is 278 Å². The van der Waals surface area contributed by atoms with Gasteiger partial charge in [0.15, 0.2) is 5.25 Å². The molecule has 0 aromatic heterocycles. The normalized spacial score (nSPS) is 20.9.